The third-order valence-corrected chi connectivity index (χ3v) is 3.90. The predicted octanol–water partition coefficient (Wildman–Crippen LogP) is 4.93. The van der Waals surface area contributed by atoms with Crippen molar-refractivity contribution in [3.63, 3.8) is 0 Å². The van der Waals surface area contributed by atoms with Gasteiger partial charge in [0.15, 0.2) is 0 Å². The number of nitrogens with two attached hydrogens (primary N) is 1. The Morgan fingerprint density at radius 2 is 1.54 bits per heavy atom. The quantitative estimate of drug-likeness (QED) is 0.658. The van der Waals surface area contributed by atoms with Crippen LogP contribution in [0.25, 0.3) is 0 Å². The number of ether oxygens (including phenoxy) is 1. The number of nitrogen functional groups attached to an aromatic ring is 1. The molecule has 0 spiro atoms. The molecule has 146 valence electrons. The van der Waals surface area contributed by atoms with Gasteiger partial charge in [-0.05, 0) is 56.2 Å². The molecule has 28 heavy (non-hydrogen) atoms. The molecular formula is C19H18F3N5O. The van der Waals surface area contributed by atoms with Crippen molar-refractivity contribution in [2.45, 2.75) is 26.9 Å². The maximum absolute atomic E-state index is 12.7. The van der Waals surface area contributed by atoms with E-state index in [4.69, 9.17) is 10.5 Å². The number of rotatable bonds is 4. The Morgan fingerprint density at radius 1 is 0.929 bits per heavy atom. The van der Waals surface area contributed by atoms with E-state index in [9.17, 15) is 13.2 Å². The highest BCUT2D eigenvalue weighted by atomic mass is 19.4. The molecule has 0 fully saturated rings. The fraction of sp³-hybridized carbons (Fsp3) is 0.211. The maximum atomic E-state index is 12.7. The third-order valence-electron chi connectivity index (χ3n) is 3.90. The van der Waals surface area contributed by atoms with Crippen LogP contribution in [0.2, 0.25) is 0 Å². The number of hydrogen-bond donors (Lipinski definition) is 2. The molecule has 0 bridgehead atoms. The van der Waals surface area contributed by atoms with Gasteiger partial charge in [-0.15, -0.1) is 0 Å². The van der Waals surface area contributed by atoms with E-state index in [1.165, 1.54) is 12.1 Å². The molecule has 2 aromatic carbocycles. The van der Waals surface area contributed by atoms with E-state index in [0.717, 1.165) is 28.8 Å². The fourth-order valence-corrected chi connectivity index (χ4v) is 2.76. The van der Waals surface area contributed by atoms with Crippen molar-refractivity contribution in [1.29, 1.82) is 0 Å². The highest BCUT2D eigenvalue weighted by Gasteiger charge is 2.29. The lowest BCUT2D eigenvalue weighted by atomic mass is 10.1. The van der Waals surface area contributed by atoms with Gasteiger partial charge in [-0.1, -0.05) is 17.7 Å². The standard InChI is InChI=1S/C19H18F3N5O/c1-10-8-11(2)15(12(3)9-10)28-18-26-16(23)25-17(27-18)24-14-6-4-13(5-7-14)19(20,21)22/h4-9H,1-3H3,(H3,23,24,25,26,27). The number of aromatic nitrogens is 3. The predicted molar refractivity (Wildman–Crippen MR) is 99.7 cm³/mol. The van der Waals surface area contributed by atoms with Crippen LogP contribution < -0.4 is 15.8 Å². The van der Waals surface area contributed by atoms with Crippen LogP contribution >= 0.6 is 0 Å². The van der Waals surface area contributed by atoms with Crippen LogP contribution in [0.3, 0.4) is 0 Å². The second kappa shape index (κ2) is 7.34. The van der Waals surface area contributed by atoms with Gasteiger partial charge in [0.25, 0.3) is 0 Å². The molecule has 3 N–H and O–H groups in total. The molecule has 1 heterocycles. The van der Waals surface area contributed by atoms with Crippen molar-refractivity contribution >= 4 is 17.6 Å². The van der Waals surface area contributed by atoms with E-state index in [1.54, 1.807) is 0 Å². The summed E-state index contributed by atoms with van der Waals surface area (Å²) in [5.41, 5.74) is 8.26. The van der Waals surface area contributed by atoms with Crippen LogP contribution in [-0.2, 0) is 6.18 Å². The number of aryl methyl sites for hydroxylation is 3. The van der Waals surface area contributed by atoms with Crippen LogP contribution in [0.15, 0.2) is 36.4 Å². The molecule has 0 aliphatic heterocycles. The lowest BCUT2D eigenvalue weighted by Gasteiger charge is -2.13. The average molecular weight is 389 g/mol. The van der Waals surface area contributed by atoms with Gasteiger partial charge in [0.05, 0.1) is 5.56 Å². The first-order valence-corrected chi connectivity index (χ1v) is 8.33. The van der Waals surface area contributed by atoms with Gasteiger partial charge in [-0.3, -0.25) is 0 Å². The van der Waals surface area contributed by atoms with Crippen molar-refractivity contribution in [3.8, 4) is 11.8 Å². The molecule has 0 aliphatic carbocycles. The van der Waals surface area contributed by atoms with Crippen molar-refractivity contribution in [1.82, 2.24) is 15.0 Å². The zero-order chi connectivity index (χ0) is 20.5. The molecule has 3 aromatic rings. The molecule has 3 rings (SSSR count). The molecule has 0 unspecified atom stereocenters. The Labute approximate surface area is 159 Å². The van der Waals surface area contributed by atoms with Crippen molar-refractivity contribution < 1.29 is 17.9 Å². The maximum Gasteiger partial charge on any atom is 0.416 e. The van der Waals surface area contributed by atoms with Crippen molar-refractivity contribution in [2.24, 2.45) is 0 Å². The number of benzene rings is 2. The van der Waals surface area contributed by atoms with E-state index >= 15 is 0 Å². The van der Waals surface area contributed by atoms with E-state index in [0.29, 0.717) is 11.4 Å². The molecule has 6 nitrogen and oxygen atoms in total. The molecule has 0 saturated carbocycles. The number of nitrogens with zero attached hydrogens (tertiary/aromatic N) is 3. The second-order valence-electron chi connectivity index (χ2n) is 6.33. The summed E-state index contributed by atoms with van der Waals surface area (Å²) in [5, 5.41) is 2.80. The van der Waals surface area contributed by atoms with Crippen LogP contribution in [0, 0.1) is 20.8 Å². The first-order valence-electron chi connectivity index (χ1n) is 8.33. The minimum Gasteiger partial charge on any atom is -0.424 e. The molecule has 9 heteroatoms. The highest BCUT2D eigenvalue weighted by molar-refractivity contribution is 5.55. The largest absolute Gasteiger partial charge is 0.424 e. The minimum absolute atomic E-state index is 0.0167. The summed E-state index contributed by atoms with van der Waals surface area (Å²) < 4.78 is 43.8. The number of halogens is 3. The van der Waals surface area contributed by atoms with Gasteiger partial charge in [0.2, 0.25) is 11.9 Å². The van der Waals surface area contributed by atoms with Gasteiger partial charge in [-0.2, -0.15) is 28.1 Å². The smallest absolute Gasteiger partial charge is 0.416 e. The zero-order valence-corrected chi connectivity index (χ0v) is 15.4. The van der Waals surface area contributed by atoms with E-state index < -0.39 is 11.7 Å². The highest BCUT2D eigenvalue weighted by Crippen LogP contribution is 2.31. The second-order valence-corrected chi connectivity index (χ2v) is 6.33. The Bertz CT molecular complexity index is 980. The Kier molecular flexibility index (Phi) is 5.08. The third kappa shape index (κ3) is 4.48. The van der Waals surface area contributed by atoms with Crippen LogP contribution in [0.4, 0.5) is 30.8 Å². The summed E-state index contributed by atoms with van der Waals surface area (Å²) in [5.74, 6) is 0.586. The monoisotopic (exact) mass is 389 g/mol. The van der Waals surface area contributed by atoms with Crippen LogP contribution in [-0.4, -0.2) is 15.0 Å². The molecule has 0 radical (unpaired) electrons. The van der Waals surface area contributed by atoms with E-state index in [-0.39, 0.29) is 17.9 Å². The average Bonchev–Trinajstić information content (AvgIpc) is 2.57. The fourth-order valence-electron chi connectivity index (χ4n) is 2.76. The van der Waals surface area contributed by atoms with Gasteiger partial charge < -0.3 is 15.8 Å². The lowest BCUT2D eigenvalue weighted by molar-refractivity contribution is -0.137. The number of nitrogens with one attached hydrogen (secondary N) is 1. The topological polar surface area (TPSA) is 86.0 Å². The summed E-state index contributed by atoms with van der Waals surface area (Å²) in [7, 11) is 0. The van der Waals surface area contributed by atoms with E-state index in [1.807, 2.05) is 32.9 Å². The van der Waals surface area contributed by atoms with Gasteiger partial charge >= 0.3 is 12.2 Å². The Hall–Kier alpha value is -3.36. The molecule has 0 amide bonds. The number of alkyl halides is 3. The zero-order valence-electron chi connectivity index (χ0n) is 15.4. The van der Waals surface area contributed by atoms with Gasteiger partial charge in [0, 0.05) is 5.69 Å². The minimum atomic E-state index is -4.40. The first kappa shape index (κ1) is 19.4. The van der Waals surface area contributed by atoms with Crippen molar-refractivity contribution in [3.05, 3.63) is 58.7 Å². The molecule has 1 aromatic heterocycles. The molecular weight excluding hydrogens is 371 g/mol. The van der Waals surface area contributed by atoms with Crippen LogP contribution in [0.5, 0.6) is 11.8 Å². The first-order chi connectivity index (χ1) is 13.1. The van der Waals surface area contributed by atoms with Crippen LogP contribution in [0.1, 0.15) is 22.3 Å². The Balaban J connectivity index is 1.84. The molecule has 0 atom stereocenters. The van der Waals surface area contributed by atoms with Gasteiger partial charge in [-0.25, -0.2) is 0 Å². The Morgan fingerprint density at radius 3 is 2.11 bits per heavy atom. The van der Waals surface area contributed by atoms with Crippen molar-refractivity contribution in [2.75, 3.05) is 11.1 Å². The summed E-state index contributed by atoms with van der Waals surface area (Å²) in [6.07, 6.45) is -4.40. The van der Waals surface area contributed by atoms with E-state index in [2.05, 4.69) is 20.3 Å². The summed E-state index contributed by atoms with van der Waals surface area (Å²) in [6, 6.07) is 8.39. The number of anilines is 3. The molecule has 0 aliphatic rings. The lowest BCUT2D eigenvalue weighted by Crippen LogP contribution is -2.07. The summed E-state index contributed by atoms with van der Waals surface area (Å²) in [6.45, 7) is 5.79. The van der Waals surface area contributed by atoms with Gasteiger partial charge in [0.1, 0.15) is 5.75 Å². The summed E-state index contributed by atoms with van der Waals surface area (Å²) in [4.78, 5) is 12.1. The molecule has 0 saturated heterocycles. The summed E-state index contributed by atoms with van der Waals surface area (Å²) >= 11 is 0. The number of hydrogen-bond acceptors (Lipinski definition) is 6. The SMILES string of the molecule is Cc1cc(C)c(Oc2nc(N)nc(Nc3ccc(C(F)(F)F)cc3)n2)c(C)c1. The normalized spacial score (nSPS) is 11.4.